The van der Waals surface area contributed by atoms with E-state index in [0.29, 0.717) is 74.3 Å². The molecule has 3 atom stereocenters. The molecular formula is C32H38N2O8. The number of aryl methyl sites for hydroxylation is 1. The summed E-state index contributed by atoms with van der Waals surface area (Å²) in [7, 11) is 0. The second kappa shape index (κ2) is 10.8. The minimum Gasteiger partial charge on any atom is -0.489 e. The van der Waals surface area contributed by atoms with Crippen molar-refractivity contribution in [2.75, 3.05) is 37.8 Å². The molecule has 0 radical (unpaired) electrons. The van der Waals surface area contributed by atoms with Gasteiger partial charge in [0.05, 0.1) is 24.1 Å². The van der Waals surface area contributed by atoms with Gasteiger partial charge in [-0.15, -0.1) is 0 Å². The van der Waals surface area contributed by atoms with Crippen LogP contribution in [-0.2, 0) is 19.1 Å². The van der Waals surface area contributed by atoms with Crippen LogP contribution in [0.3, 0.4) is 0 Å². The summed E-state index contributed by atoms with van der Waals surface area (Å²) in [6, 6.07) is 9.29. The molecule has 0 bridgehead atoms. The zero-order chi connectivity index (χ0) is 29.8. The first-order valence-corrected chi connectivity index (χ1v) is 14.7. The third-order valence-electron chi connectivity index (χ3n) is 8.73. The predicted molar refractivity (Wildman–Crippen MR) is 153 cm³/mol. The number of piperidine rings is 1. The molecule has 0 unspecified atom stereocenters. The second-order valence-electron chi connectivity index (χ2n) is 12.7. The van der Waals surface area contributed by atoms with E-state index in [0.717, 1.165) is 11.1 Å². The maximum Gasteiger partial charge on any atom is 0.306 e. The van der Waals surface area contributed by atoms with Gasteiger partial charge in [-0.1, -0.05) is 39.0 Å². The van der Waals surface area contributed by atoms with Gasteiger partial charge in [-0.25, -0.2) is 0 Å². The number of carbonyl (C=O) groups excluding carboxylic acids is 2. The molecule has 0 aliphatic carbocycles. The summed E-state index contributed by atoms with van der Waals surface area (Å²) in [5, 5.41) is 9.39. The lowest BCUT2D eigenvalue weighted by molar-refractivity contribution is -0.148. The highest BCUT2D eigenvalue weighted by atomic mass is 16.6. The maximum atomic E-state index is 14.5. The van der Waals surface area contributed by atoms with Crippen LogP contribution in [0, 0.1) is 18.3 Å². The number of fused-ring (bicyclic) bond motifs is 1. The minimum absolute atomic E-state index is 0.157. The number of para-hydroxylation sites is 1. The number of hydrogen-bond donors (Lipinski definition) is 1. The Kier molecular flexibility index (Phi) is 7.29. The average Bonchev–Trinajstić information content (AvgIpc) is 3.07. The lowest BCUT2D eigenvalue weighted by Crippen LogP contribution is -2.56. The number of aliphatic carboxylic acids is 1. The van der Waals surface area contributed by atoms with Crippen molar-refractivity contribution in [2.24, 2.45) is 11.3 Å². The van der Waals surface area contributed by atoms with Crippen molar-refractivity contribution in [1.82, 2.24) is 4.90 Å². The van der Waals surface area contributed by atoms with Crippen LogP contribution in [0.4, 0.5) is 5.69 Å². The minimum atomic E-state index is -1.08. The fourth-order valence-corrected chi connectivity index (χ4v) is 6.43. The van der Waals surface area contributed by atoms with Crippen LogP contribution in [-0.4, -0.2) is 72.8 Å². The van der Waals surface area contributed by atoms with Gasteiger partial charge in [-0.2, -0.15) is 0 Å². The van der Waals surface area contributed by atoms with Crippen LogP contribution in [0.1, 0.15) is 62.8 Å². The zero-order valence-corrected chi connectivity index (χ0v) is 24.6. The van der Waals surface area contributed by atoms with Gasteiger partial charge in [0, 0.05) is 24.2 Å². The lowest BCUT2D eigenvalue weighted by atomic mass is 9.84. The van der Waals surface area contributed by atoms with Crippen molar-refractivity contribution < 1.29 is 38.4 Å². The first-order chi connectivity index (χ1) is 20.0. The van der Waals surface area contributed by atoms with Gasteiger partial charge >= 0.3 is 5.97 Å². The Morgan fingerprint density at radius 2 is 1.74 bits per heavy atom. The Balaban J connectivity index is 1.44. The number of benzene rings is 2. The van der Waals surface area contributed by atoms with Crippen molar-refractivity contribution in [2.45, 2.75) is 65.2 Å². The molecule has 224 valence electrons. The molecule has 6 rings (SSSR count). The lowest BCUT2D eigenvalue weighted by Gasteiger charge is -2.44. The fourth-order valence-electron chi connectivity index (χ4n) is 6.43. The Morgan fingerprint density at radius 1 is 1.00 bits per heavy atom. The molecule has 2 aromatic rings. The number of likely N-dealkylation sites (tertiary alicyclic amines) is 1. The normalized spacial score (nSPS) is 24.0. The average molecular weight is 579 g/mol. The number of amides is 2. The number of anilines is 1. The number of nitrogens with zero attached hydrogens (tertiary/aromatic N) is 2. The van der Waals surface area contributed by atoms with Crippen molar-refractivity contribution in [3.05, 3.63) is 47.0 Å². The number of carbonyl (C=O) groups is 3. The topological polar surface area (TPSA) is 115 Å². The number of hydrogen-bond acceptors (Lipinski definition) is 7. The van der Waals surface area contributed by atoms with Gasteiger partial charge in [0.15, 0.2) is 11.5 Å². The monoisotopic (exact) mass is 578 g/mol. The molecular weight excluding hydrogens is 540 g/mol. The van der Waals surface area contributed by atoms with E-state index in [-0.39, 0.29) is 29.7 Å². The third-order valence-corrected chi connectivity index (χ3v) is 8.73. The Bertz CT molecular complexity index is 1410. The van der Waals surface area contributed by atoms with E-state index in [1.165, 1.54) is 0 Å². The van der Waals surface area contributed by atoms with E-state index in [9.17, 15) is 19.5 Å². The first-order valence-electron chi connectivity index (χ1n) is 14.7. The standard InChI is InChI=1S/C32H38N2O8/c1-18-14-21-27-23(15-18)41-17-25(32(2,3)4)34(27)30(36)24(16-26(35)33-10-8-19(9-11-33)31(37)38)42-28(21)20-6-5-7-22-29(20)40-13-12-39-22/h5-7,14-15,19,24-25,28H,8-13,16-17H2,1-4H3,(H,37,38)/t24-,25+,28-/m1/s1. The third kappa shape index (κ3) is 5.06. The van der Waals surface area contributed by atoms with Crippen molar-refractivity contribution in [3.8, 4) is 17.2 Å². The summed E-state index contributed by atoms with van der Waals surface area (Å²) in [4.78, 5) is 43.0. The molecule has 0 saturated carbocycles. The van der Waals surface area contributed by atoms with Gasteiger partial charge in [-0.3, -0.25) is 19.3 Å². The highest BCUT2D eigenvalue weighted by Gasteiger charge is 2.48. The molecule has 2 aromatic carbocycles. The van der Waals surface area contributed by atoms with Crippen LogP contribution in [0.15, 0.2) is 30.3 Å². The molecule has 1 saturated heterocycles. The van der Waals surface area contributed by atoms with Crippen LogP contribution in [0.2, 0.25) is 0 Å². The van der Waals surface area contributed by atoms with E-state index >= 15 is 0 Å². The molecule has 42 heavy (non-hydrogen) atoms. The van der Waals surface area contributed by atoms with Gasteiger partial charge in [0.1, 0.15) is 37.8 Å². The van der Waals surface area contributed by atoms with Crippen molar-refractivity contribution in [1.29, 1.82) is 0 Å². The van der Waals surface area contributed by atoms with Crippen LogP contribution in [0.5, 0.6) is 17.2 Å². The molecule has 10 nitrogen and oxygen atoms in total. The molecule has 1 N–H and O–H groups in total. The molecule has 4 aliphatic rings. The quantitative estimate of drug-likeness (QED) is 0.577. The van der Waals surface area contributed by atoms with Crippen LogP contribution in [0.25, 0.3) is 0 Å². The zero-order valence-electron chi connectivity index (χ0n) is 24.6. The molecule has 0 aromatic heterocycles. The Morgan fingerprint density at radius 3 is 2.45 bits per heavy atom. The van der Waals surface area contributed by atoms with Crippen LogP contribution < -0.4 is 19.1 Å². The molecule has 4 aliphatic heterocycles. The highest BCUT2D eigenvalue weighted by Crippen LogP contribution is 2.51. The van der Waals surface area contributed by atoms with Crippen molar-refractivity contribution >= 4 is 23.5 Å². The van der Waals surface area contributed by atoms with Gasteiger partial charge in [0.2, 0.25) is 5.91 Å². The Labute approximate surface area is 245 Å². The first kappa shape index (κ1) is 28.3. The highest BCUT2D eigenvalue weighted by molar-refractivity contribution is 6.02. The molecule has 10 heteroatoms. The van der Waals surface area contributed by atoms with E-state index in [4.69, 9.17) is 18.9 Å². The molecule has 0 spiro atoms. The smallest absolute Gasteiger partial charge is 0.306 e. The Hall–Kier alpha value is -3.79. The van der Waals surface area contributed by atoms with E-state index in [1.807, 2.05) is 37.3 Å². The number of carboxylic acid groups (broad SMARTS) is 1. The summed E-state index contributed by atoms with van der Waals surface area (Å²) in [6.07, 6.45) is -1.19. The van der Waals surface area contributed by atoms with Crippen LogP contribution >= 0.6 is 0 Å². The number of rotatable bonds is 4. The number of carboxylic acids is 1. The molecule has 2 amide bonds. The fraction of sp³-hybridized carbons (Fsp3) is 0.531. The van der Waals surface area contributed by atoms with E-state index < -0.39 is 24.1 Å². The van der Waals surface area contributed by atoms with E-state index in [2.05, 4.69) is 20.8 Å². The van der Waals surface area contributed by atoms with E-state index in [1.54, 1.807) is 9.80 Å². The SMILES string of the molecule is Cc1cc2c3c(c1)[C@@H](c1cccc4c1OCCO4)O[C@H](CC(=O)N1CCC(C(=O)O)CC1)C(=O)N3[C@H](C(C)(C)C)CO2. The summed E-state index contributed by atoms with van der Waals surface area (Å²) in [5.74, 6) is -0.0379. The molecule has 4 heterocycles. The van der Waals surface area contributed by atoms with Crippen molar-refractivity contribution in [3.63, 3.8) is 0 Å². The maximum absolute atomic E-state index is 14.5. The predicted octanol–water partition coefficient (Wildman–Crippen LogP) is 4.11. The largest absolute Gasteiger partial charge is 0.489 e. The summed E-state index contributed by atoms with van der Waals surface area (Å²) in [6.45, 7) is 10.0. The van der Waals surface area contributed by atoms with Gasteiger partial charge in [0.25, 0.3) is 5.91 Å². The van der Waals surface area contributed by atoms with Gasteiger partial charge < -0.3 is 29.0 Å². The summed E-state index contributed by atoms with van der Waals surface area (Å²) < 4.78 is 25.0. The second-order valence-corrected chi connectivity index (χ2v) is 12.7. The number of ether oxygens (including phenoxy) is 4. The van der Waals surface area contributed by atoms with Gasteiger partial charge in [-0.05, 0) is 42.9 Å². The summed E-state index contributed by atoms with van der Waals surface area (Å²) in [5.41, 5.74) is 2.77. The molecule has 1 fully saturated rings. The summed E-state index contributed by atoms with van der Waals surface area (Å²) >= 11 is 0.